The first-order valence-corrected chi connectivity index (χ1v) is 15.6. The van der Waals surface area contributed by atoms with Gasteiger partial charge in [0.2, 0.25) is 5.88 Å². The lowest BCUT2D eigenvalue weighted by atomic mass is 9.94. The van der Waals surface area contributed by atoms with Crippen LogP contribution in [0.2, 0.25) is 0 Å². The Morgan fingerprint density at radius 3 is 2.67 bits per heavy atom. The highest BCUT2D eigenvalue weighted by atomic mass is 19.1. The van der Waals surface area contributed by atoms with Gasteiger partial charge in [-0.05, 0) is 99.0 Å². The minimum atomic E-state index is -0.675. The van der Waals surface area contributed by atoms with Crippen LogP contribution in [0.1, 0.15) is 57.4 Å². The van der Waals surface area contributed by atoms with Crippen molar-refractivity contribution < 1.29 is 23.4 Å². The average molecular weight is 588 g/mol. The van der Waals surface area contributed by atoms with Crippen molar-refractivity contribution in [2.45, 2.75) is 69.9 Å². The first-order valence-electron chi connectivity index (χ1n) is 15.6. The first kappa shape index (κ1) is 26.8. The van der Waals surface area contributed by atoms with Crippen molar-refractivity contribution in [1.29, 1.82) is 0 Å². The quantitative estimate of drug-likeness (QED) is 0.298. The fourth-order valence-electron chi connectivity index (χ4n) is 7.98. The molecule has 1 atom stereocenters. The summed E-state index contributed by atoms with van der Waals surface area (Å²) in [7, 11) is 0. The smallest absolute Gasteiger partial charge is 0.319 e. The zero-order chi connectivity index (χ0) is 29.3. The maximum absolute atomic E-state index is 16.9. The summed E-state index contributed by atoms with van der Waals surface area (Å²) < 4.78 is 44.6. The predicted octanol–water partition coefficient (Wildman–Crippen LogP) is 6.15. The molecule has 0 bridgehead atoms. The number of anilines is 1. The van der Waals surface area contributed by atoms with Crippen molar-refractivity contribution in [3.63, 3.8) is 0 Å². The van der Waals surface area contributed by atoms with Crippen LogP contribution in [-0.4, -0.2) is 69.4 Å². The third kappa shape index (κ3) is 4.20. The van der Waals surface area contributed by atoms with Crippen LogP contribution in [-0.2, 0) is 6.42 Å². The number of hydrogen-bond donors (Lipinski definition) is 1. The van der Waals surface area contributed by atoms with Crippen LogP contribution in [0.3, 0.4) is 0 Å². The van der Waals surface area contributed by atoms with E-state index in [1.807, 2.05) is 6.92 Å². The number of phenols is 1. The molecule has 224 valence electrons. The van der Waals surface area contributed by atoms with Gasteiger partial charge in [-0.25, -0.2) is 13.8 Å². The summed E-state index contributed by atoms with van der Waals surface area (Å²) in [6, 6.07) is 6.18. The van der Waals surface area contributed by atoms with E-state index in [4.69, 9.17) is 19.4 Å². The molecular formula is C33H35F2N5O3. The predicted molar refractivity (Wildman–Crippen MR) is 160 cm³/mol. The Morgan fingerprint density at radius 1 is 1.02 bits per heavy atom. The number of fused-ring (bicyclic) bond motifs is 4. The van der Waals surface area contributed by atoms with E-state index in [-0.39, 0.29) is 46.2 Å². The number of benzene rings is 2. The van der Waals surface area contributed by atoms with E-state index in [2.05, 4.69) is 14.8 Å². The molecule has 2 aromatic heterocycles. The molecule has 0 unspecified atom stereocenters. The van der Waals surface area contributed by atoms with E-state index in [1.165, 1.54) is 12.1 Å². The van der Waals surface area contributed by atoms with Gasteiger partial charge in [0.25, 0.3) is 0 Å². The number of ether oxygens (including phenoxy) is 2. The molecule has 0 aliphatic carbocycles. The lowest BCUT2D eigenvalue weighted by Gasteiger charge is -2.35. The number of aryl methyl sites for hydroxylation is 1. The highest BCUT2D eigenvalue weighted by Crippen LogP contribution is 2.45. The Labute approximate surface area is 248 Å². The number of pyridine rings is 1. The summed E-state index contributed by atoms with van der Waals surface area (Å²) >= 11 is 0. The Hall–Kier alpha value is -3.79. The maximum Gasteiger partial charge on any atom is 0.319 e. The van der Waals surface area contributed by atoms with Crippen molar-refractivity contribution in [2.24, 2.45) is 0 Å². The topological polar surface area (TPSA) is 83.8 Å². The molecule has 1 N–H and O–H groups in total. The molecule has 4 aliphatic rings. The van der Waals surface area contributed by atoms with Crippen molar-refractivity contribution in [3.8, 4) is 28.9 Å². The Bertz CT molecular complexity index is 1750. The summed E-state index contributed by atoms with van der Waals surface area (Å²) in [4.78, 5) is 19.0. The molecule has 43 heavy (non-hydrogen) atoms. The molecule has 2 aromatic carbocycles. The van der Waals surface area contributed by atoms with Crippen molar-refractivity contribution in [3.05, 3.63) is 41.5 Å². The van der Waals surface area contributed by atoms with Gasteiger partial charge in [-0.3, -0.25) is 4.90 Å². The summed E-state index contributed by atoms with van der Waals surface area (Å²) in [6.45, 7) is 5.62. The lowest BCUT2D eigenvalue weighted by Crippen LogP contribution is -2.44. The summed E-state index contributed by atoms with van der Waals surface area (Å²) in [6.07, 6.45) is 7.83. The number of nitrogens with zero attached hydrogens (tertiary/aromatic N) is 5. The van der Waals surface area contributed by atoms with E-state index < -0.39 is 5.82 Å². The Kier molecular flexibility index (Phi) is 6.33. The standard InChI is InChI=1S/C33H35F2N5O3/c1-2-22-24(34)9-8-19-15-21(41)16-23(25(19)22)28-27(35)29-26-30(40-14-4-3-7-20(40)17-42-31(26)36-28)38-32(37-29)43-18-33-10-5-12-39(33)13-6-11-33/h8-9,15-16,20,41H,2-7,10-14,17-18H2,1H3/t20-/m0/s1. The molecule has 6 heterocycles. The highest BCUT2D eigenvalue weighted by molar-refractivity contribution is 6.03. The Morgan fingerprint density at radius 2 is 1.86 bits per heavy atom. The van der Waals surface area contributed by atoms with Crippen molar-refractivity contribution in [2.75, 3.05) is 37.7 Å². The number of piperidine rings is 1. The van der Waals surface area contributed by atoms with E-state index in [0.29, 0.717) is 52.7 Å². The van der Waals surface area contributed by atoms with Crippen LogP contribution in [0.4, 0.5) is 14.6 Å². The second-order valence-electron chi connectivity index (χ2n) is 12.5. The number of halogens is 2. The number of hydrogen-bond acceptors (Lipinski definition) is 8. The number of aromatic nitrogens is 3. The maximum atomic E-state index is 16.9. The van der Waals surface area contributed by atoms with Crippen LogP contribution < -0.4 is 14.4 Å². The fourth-order valence-corrected chi connectivity index (χ4v) is 7.98. The van der Waals surface area contributed by atoms with E-state index in [9.17, 15) is 5.11 Å². The van der Waals surface area contributed by atoms with Gasteiger partial charge < -0.3 is 19.5 Å². The van der Waals surface area contributed by atoms with Gasteiger partial charge in [-0.15, -0.1) is 0 Å². The van der Waals surface area contributed by atoms with Crippen molar-refractivity contribution >= 4 is 27.5 Å². The van der Waals surface area contributed by atoms with E-state index >= 15 is 8.78 Å². The molecule has 0 saturated carbocycles. The second-order valence-corrected chi connectivity index (χ2v) is 12.5. The van der Waals surface area contributed by atoms with Crippen LogP contribution in [0, 0.1) is 11.6 Å². The third-order valence-electron chi connectivity index (χ3n) is 10.1. The Balaban J connectivity index is 1.34. The van der Waals surface area contributed by atoms with Crippen LogP contribution in [0.5, 0.6) is 17.6 Å². The van der Waals surface area contributed by atoms with E-state index in [1.54, 1.807) is 12.1 Å². The van der Waals surface area contributed by atoms with Gasteiger partial charge in [0.1, 0.15) is 47.2 Å². The molecule has 0 radical (unpaired) electrons. The monoisotopic (exact) mass is 587 g/mol. The van der Waals surface area contributed by atoms with Gasteiger partial charge in [-0.2, -0.15) is 9.97 Å². The van der Waals surface area contributed by atoms with Crippen LogP contribution >= 0.6 is 0 Å². The van der Waals surface area contributed by atoms with Crippen LogP contribution in [0.15, 0.2) is 24.3 Å². The summed E-state index contributed by atoms with van der Waals surface area (Å²) in [5, 5.41) is 12.2. The van der Waals surface area contributed by atoms with Crippen LogP contribution in [0.25, 0.3) is 32.9 Å². The normalized spacial score (nSPS) is 21.1. The number of phenolic OH excluding ortho intramolecular Hbond substituents is 1. The molecule has 3 saturated heterocycles. The third-order valence-corrected chi connectivity index (χ3v) is 10.1. The van der Waals surface area contributed by atoms with Gasteiger partial charge in [0.05, 0.1) is 11.6 Å². The fraction of sp³-hybridized carbons (Fsp3) is 0.485. The van der Waals surface area contributed by atoms with Gasteiger partial charge in [0.15, 0.2) is 5.82 Å². The summed E-state index contributed by atoms with van der Waals surface area (Å²) in [5.41, 5.74) is 0.723. The SMILES string of the molecule is CCc1c(F)ccc2cc(O)cc(-c3nc4c5c(nc(OCC67CCCN6CCC7)nc5c3F)N3CCCC[C@H]3CO4)c12. The molecule has 8 rings (SSSR count). The lowest BCUT2D eigenvalue weighted by molar-refractivity contribution is 0.108. The van der Waals surface area contributed by atoms with Gasteiger partial charge in [-0.1, -0.05) is 13.0 Å². The van der Waals surface area contributed by atoms with E-state index in [0.717, 1.165) is 64.6 Å². The molecule has 10 heteroatoms. The average Bonchev–Trinajstić information content (AvgIpc) is 3.56. The number of aromatic hydroxyl groups is 1. The molecule has 0 spiro atoms. The molecule has 8 nitrogen and oxygen atoms in total. The van der Waals surface area contributed by atoms with Gasteiger partial charge in [0, 0.05) is 12.1 Å². The zero-order valence-electron chi connectivity index (χ0n) is 24.3. The molecule has 4 aliphatic heterocycles. The number of rotatable bonds is 5. The van der Waals surface area contributed by atoms with Crippen molar-refractivity contribution in [1.82, 2.24) is 19.9 Å². The highest BCUT2D eigenvalue weighted by Gasteiger charge is 2.45. The minimum absolute atomic E-state index is 0.0164. The largest absolute Gasteiger partial charge is 0.508 e. The summed E-state index contributed by atoms with van der Waals surface area (Å²) in [5.74, 6) is -0.299. The molecular weight excluding hydrogens is 552 g/mol. The first-order chi connectivity index (χ1) is 21.0. The zero-order valence-corrected chi connectivity index (χ0v) is 24.3. The molecule has 3 fully saturated rings. The van der Waals surface area contributed by atoms with Gasteiger partial charge >= 0.3 is 6.01 Å². The molecule has 0 amide bonds. The minimum Gasteiger partial charge on any atom is -0.508 e. The molecule has 4 aromatic rings. The second kappa shape index (κ2) is 10.1.